The van der Waals surface area contributed by atoms with Crippen molar-refractivity contribution in [1.82, 2.24) is 34.7 Å². The van der Waals surface area contributed by atoms with Gasteiger partial charge in [0.2, 0.25) is 0 Å². The number of H-pyrrole nitrogens is 1. The van der Waals surface area contributed by atoms with Crippen molar-refractivity contribution in [3.05, 3.63) is 99.1 Å². The zero-order chi connectivity index (χ0) is 25.7. The minimum atomic E-state index is -0.677. The van der Waals surface area contributed by atoms with Crippen LogP contribution >= 0.6 is 11.6 Å². The molecule has 9 nitrogen and oxygen atoms in total. The first kappa shape index (κ1) is 23.2. The molecule has 0 saturated carbocycles. The summed E-state index contributed by atoms with van der Waals surface area (Å²) >= 11 is 6.07. The normalized spacial score (nSPS) is 14.8. The van der Waals surface area contributed by atoms with Crippen LogP contribution < -0.4 is 5.56 Å². The molecule has 2 N–H and O–H groups in total. The van der Waals surface area contributed by atoms with E-state index in [-0.39, 0.29) is 33.4 Å². The predicted molar refractivity (Wildman–Crippen MR) is 130 cm³/mol. The van der Waals surface area contributed by atoms with E-state index in [4.69, 9.17) is 11.6 Å². The minimum absolute atomic E-state index is 0.0436. The SMILES string of the molecule is O=c1cc(-c2c(-n3cnnn3)ccc(Cl)c2F)cc2n1[C@H](c1ccc(-c3ccnc(CO)c3F)[nH]1)CC2. The number of tetrazole rings is 1. The van der Waals surface area contributed by atoms with E-state index in [2.05, 4.69) is 25.5 Å². The molecular weight excluding hydrogens is 504 g/mol. The molecule has 0 bridgehead atoms. The van der Waals surface area contributed by atoms with E-state index in [1.807, 2.05) is 0 Å². The first-order valence-electron chi connectivity index (χ1n) is 11.4. The van der Waals surface area contributed by atoms with Crippen molar-refractivity contribution >= 4 is 11.6 Å². The standard InChI is InChI=1S/C25H18ClF2N7O2/c26-16-2-6-21(34-12-30-32-33-34)23(25(16)28)13-9-14-1-5-20(35(14)22(37)10-13)18-4-3-17(31-18)15-7-8-29-19(11-36)24(15)27/h2-4,6-10,12,20,31,36H,1,5,11H2/t20-/m0/s1. The second-order valence-corrected chi connectivity index (χ2v) is 9.02. The predicted octanol–water partition coefficient (Wildman–Crippen LogP) is 3.84. The van der Waals surface area contributed by atoms with Crippen LogP contribution in [0.3, 0.4) is 0 Å². The largest absolute Gasteiger partial charge is 0.390 e. The van der Waals surface area contributed by atoms with Crippen LogP contribution in [0, 0.1) is 11.6 Å². The first-order valence-corrected chi connectivity index (χ1v) is 11.7. The van der Waals surface area contributed by atoms with Gasteiger partial charge < -0.3 is 14.7 Å². The maximum Gasteiger partial charge on any atom is 0.251 e. The fourth-order valence-corrected chi connectivity index (χ4v) is 5.04. The lowest BCUT2D eigenvalue weighted by atomic mass is 10.0. The van der Waals surface area contributed by atoms with E-state index in [1.165, 1.54) is 35.4 Å². The Morgan fingerprint density at radius 1 is 1.14 bits per heavy atom. The Hall–Kier alpha value is -4.22. The lowest BCUT2D eigenvalue weighted by molar-refractivity contribution is 0.270. The Bertz CT molecular complexity index is 1700. The summed E-state index contributed by atoms with van der Waals surface area (Å²) in [7, 11) is 0. The van der Waals surface area contributed by atoms with Crippen molar-refractivity contribution < 1.29 is 13.9 Å². The summed E-state index contributed by atoms with van der Waals surface area (Å²) in [6.07, 6.45) is 3.96. The van der Waals surface area contributed by atoms with Crippen molar-refractivity contribution in [2.24, 2.45) is 0 Å². The molecule has 6 rings (SSSR count). The maximum atomic E-state index is 15.2. The van der Waals surface area contributed by atoms with Crippen LogP contribution in [-0.4, -0.2) is 39.8 Å². The molecule has 1 atom stereocenters. The molecule has 4 aromatic heterocycles. The number of aromatic nitrogens is 7. The Morgan fingerprint density at radius 2 is 2.00 bits per heavy atom. The van der Waals surface area contributed by atoms with Gasteiger partial charge in [-0.1, -0.05) is 11.6 Å². The summed E-state index contributed by atoms with van der Waals surface area (Å²) < 4.78 is 32.9. The average molecular weight is 522 g/mol. The van der Waals surface area contributed by atoms with Gasteiger partial charge in [0.05, 0.1) is 23.4 Å². The van der Waals surface area contributed by atoms with Gasteiger partial charge in [-0.2, -0.15) is 4.68 Å². The number of benzene rings is 1. The van der Waals surface area contributed by atoms with Gasteiger partial charge in [-0.15, -0.1) is 5.10 Å². The number of fused-ring (bicyclic) bond motifs is 1. The highest BCUT2D eigenvalue weighted by molar-refractivity contribution is 6.31. The number of pyridine rings is 2. The second-order valence-electron chi connectivity index (χ2n) is 8.61. The number of aryl methyl sites for hydroxylation is 1. The zero-order valence-corrected chi connectivity index (χ0v) is 19.8. The Balaban J connectivity index is 1.41. The summed E-state index contributed by atoms with van der Waals surface area (Å²) in [5, 5.41) is 20.3. The molecule has 1 aliphatic heterocycles. The summed E-state index contributed by atoms with van der Waals surface area (Å²) in [5.74, 6) is -1.28. The molecule has 5 heterocycles. The van der Waals surface area contributed by atoms with Gasteiger partial charge in [0.15, 0.2) is 11.6 Å². The highest BCUT2D eigenvalue weighted by atomic mass is 35.5. The van der Waals surface area contributed by atoms with Crippen LogP contribution in [0.2, 0.25) is 5.02 Å². The van der Waals surface area contributed by atoms with Crippen molar-refractivity contribution in [3.63, 3.8) is 0 Å². The van der Waals surface area contributed by atoms with Crippen molar-refractivity contribution in [3.8, 4) is 28.1 Å². The molecular formula is C25H18ClF2N7O2. The fraction of sp³-hybridized carbons (Fsp3) is 0.160. The summed E-state index contributed by atoms with van der Waals surface area (Å²) in [4.78, 5) is 20.4. The van der Waals surface area contributed by atoms with E-state index >= 15 is 4.39 Å². The topological polar surface area (TPSA) is 115 Å². The van der Waals surface area contributed by atoms with Gasteiger partial charge in [-0.25, -0.2) is 8.78 Å². The molecule has 0 amide bonds. The molecule has 5 aromatic rings. The lowest BCUT2D eigenvalue weighted by Crippen LogP contribution is -2.23. The van der Waals surface area contributed by atoms with Gasteiger partial charge in [0.25, 0.3) is 5.56 Å². The monoisotopic (exact) mass is 521 g/mol. The molecule has 0 saturated heterocycles. The first-order chi connectivity index (χ1) is 18.0. The van der Waals surface area contributed by atoms with Crippen molar-refractivity contribution in [2.75, 3.05) is 0 Å². The highest BCUT2D eigenvalue weighted by Gasteiger charge is 2.28. The van der Waals surface area contributed by atoms with E-state index in [9.17, 15) is 14.3 Å². The number of nitrogens with one attached hydrogen (secondary N) is 1. The number of rotatable bonds is 5. The molecule has 186 valence electrons. The van der Waals surface area contributed by atoms with Crippen LogP contribution in [0.4, 0.5) is 8.78 Å². The van der Waals surface area contributed by atoms with Crippen LogP contribution in [0.25, 0.3) is 28.1 Å². The van der Waals surface area contributed by atoms with E-state index in [0.29, 0.717) is 29.8 Å². The van der Waals surface area contributed by atoms with Gasteiger partial charge in [-0.3, -0.25) is 9.78 Å². The molecule has 0 aliphatic carbocycles. The van der Waals surface area contributed by atoms with Gasteiger partial charge >= 0.3 is 0 Å². The van der Waals surface area contributed by atoms with Crippen molar-refractivity contribution in [2.45, 2.75) is 25.5 Å². The van der Waals surface area contributed by atoms with E-state index < -0.39 is 18.2 Å². The van der Waals surface area contributed by atoms with Crippen LogP contribution in [0.15, 0.2) is 59.8 Å². The molecule has 0 spiro atoms. The number of aliphatic hydroxyl groups excluding tert-OH is 1. The third-order valence-corrected chi connectivity index (χ3v) is 6.85. The molecule has 0 radical (unpaired) electrons. The van der Waals surface area contributed by atoms with Gasteiger partial charge in [0.1, 0.15) is 12.0 Å². The molecule has 0 unspecified atom stereocenters. The maximum absolute atomic E-state index is 15.2. The van der Waals surface area contributed by atoms with Crippen LogP contribution in [0.1, 0.15) is 29.5 Å². The number of hydrogen-bond acceptors (Lipinski definition) is 6. The number of aromatic amines is 1. The zero-order valence-electron chi connectivity index (χ0n) is 19.1. The smallest absolute Gasteiger partial charge is 0.251 e. The number of nitrogens with zero attached hydrogens (tertiary/aromatic N) is 6. The molecule has 12 heteroatoms. The lowest BCUT2D eigenvalue weighted by Gasteiger charge is -2.16. The molecule has 37 heavy (non-hydrogen) atoms. The van der Waals surface area contributed by atoms with Gasteiger partial charge in [-0.05, 0) is 65.2 Å². The van der Waals surface area contributed by atoms with Gasteiger partial charge in [0, 0.05) is 40.5 Å². The summed E-state index contributed by atoms with van der Waals surface area (Å²) in [6, 6.07) is 10.9. The molecule has 0 fully saturated rings. The van der Waals surface area contributed by atoms with E-state index in [0.717, 1.165) is 11.4 Å². The fourth-order valence-electron chi connectivity index (χ4n) is 4.88. The van der Waals surface area contributed by atoms with Crippen LogP contribution in [0.5, 0.6) is 0 Å². The Labute approximate surface area is 213 Å². The summed E-state index contributed by atoms with van der Waals surface area (Å²) in [6.45, 7) is -0.511. The average Bonchev–Trinajstić information content (AvgIpc) is 3.66. The summed E-state index contributed by atoms with van der Waals surface area (Å²) in [5.41, 5.74) is 2.72. The van der Waals surface area contributed by atoms with Crippen molar-refractivity contribution in [1.29, 1.82) is 0 Å². The number of halogens is 3. The number of hydrogen-bond donors (Lipinski definition) is 2. The highest BCUT2D eigenvalue weighted by Crippen LogP contribution is 2.37. The minimum Gasteiger partial charge on any atom is -0.390 e. The quantitative estimate of drug-likeness (QED) is 0.363. The number of aliphatic hydroxyl groups is 1. The van der Waals surface area contributed by atoms with E-state index in [1.54, 1.807) is 28.8 Å². The van der Waals surface area contributed by atoms with Crippen LogP contribution in [-0.2, 0) is 13.0 Å². The second kappa shape index (κ2) is 9.02. The molecule has 1 aliphatic rings. The Morgan fingerprint density at radius 3 is 2.78 bits per heavy atom. The third kappa shape index (κ3) is 3.83. The Kier molecular flexibility index (Phi) is 5.65. The molecule has 1 aromatic carbocycles. The third-order valence-electron chi connectivity index (χ3n) is 6.56.